The average molecular weight is 271 g/mol. The topological polar surface area (TPSA) is 47.0 Å². The average Bonchev–Trinajstić information content (AvgIpc) is 2.83. The molecular formula is C14H13N3OS. The van der Waals surface area contributed by atoms with Crippen LogP contribution in [0.15, 0.2) is 36.5 Å². The summed E-state index contributed by atoms with van der Waals surface area (Å²) in [6.45, 7) is 2.04. The lowest BCUT2D eigenvalue weighted by atomic mass is 10.3. The minimum absolute atomic E-state index is 0.820. The van der Waals surface area contributed by atoms with Crippen LogP contribution >= 0.6 is 11.3 Å². The summed E-state index contributed by atoms with van der Waals surface area (Å²) in [6.07, 6.45) is 1.81. The monoisotopic (exact) mass is 271 g/mol. The summed E-state index contributed by atoms with van der Waals surface area (Å²) < 4.78 is 5.20. The van der Waals surface area contributed by atoms with Crippen molar-refractivity contribution in [1.82, 2.24) is 9.97 Å². The molecule has 0 aliphatic rings. The molecule has 0 unspecified atom stereocenters. The number of fused-ring (bicyclic) bond motifs is 1. The molecule has 5 heteroatoms. The predicted octanol–water partition coefficient (Wildman–Crippen LogP) is 3.75. The summed E-state index contributed by atoms with van der Waals surface area (Å²) in [5.74, 6) is 0.820. The largest absolute Gasteiger partial charge is 0.497 e. The fraction of sp³-hybridized carbons (Fsp3) is 0.143. The van der Waals surface area contributed by atoms with Gasteiger partial charge in [0.1, 0.15) is 16.1 Å². The van der Waals surface area contributed by atoms with Crippen LogP contribution in [-0.2, 0) is 0 Å². The molecular weight excluding hydrogens is 258 g/mol. The summed E-state index contributed by atoms with van der Waals surface area (Å²) in [5.41, 5.74) is 3.05. The van der Waals surface area contributed by atoms with Gasteiger partial charge < -0.3 is 10.1 Å². The number of anilines is 2. The number of hydrogen-bond donors (Lipinski definition) is 1. The van der Waals surface area contributed by atoms with Crippen LogP contribution < -0.4 is 10.1 Å². The van der Waals surface area contributed by atoms with Crippen molar-refractivity contribution in [2.75, 3.05) is 12.4 Å². The molecule has 1 aromatic carbocycles. The van der Waals surface area contributed by atoms with Crippen LogP contribution in [0.4, 0.5) is 10.8 Å². The van der Waals surface area contributed by atoms with Crippen molar-refractivity contribution in [2.24, 2.45) is 0 Å². The molecule has 3 aromatic rings. The highest BCUT2D eigenvalue weighted by molar-refractivity contribution is 7.21. The summed E-state index contributed by atoms with van der Waals surface area (Å²) in [7, 11) is 1.66. The molecule has 1 N–H and O–H groups in total. The minimum Gasteiger partial charge on any atom is -0.497 e. The molecule has 0 bridgehead atoms. The number of rotatable bonds is 3. The van der Waals surface area contributed by atoms with Gasteiger partial charge >= 0.3 is 0 Å². The minimum atomic E-state index is 0.820. The maximum Gasteiger partial charge on any atom is 0.189 e. The molecule has 0 fully saturated rings. The highest BCUT2D eigenvalue weighted by Crippen LogP contribution is 2.29. The number of methoxy groups -OCH3 is 1. The molecule has 2 aromatic heterocycles. The quantitative estimate of drug-likeness (QED) is 0.788. The van der Waals surface area contributed by atoms with Crippen molar-refractivity contribution in [3.63, 3.8) is 0 Å². The first-order valence-corrected chi connectivity index (χ1v) is 6.71. The second-order valence-corrected chi connectivity index (χ2v) is 5.14. The Morgan fingerprint density at radius 3 is 2.95 bits per heavy atom. The van der Waals surface area contributed by atoms with Crippen LogP contribution in [0.5, 0.6) is 5.75 Å². The van der Waals surface area contributed by atoms with Gasteiger partial charge in [0.25, 0.3) is 0 Å². The van der Waals surface area contributed by atoms with Crippen LogP contribution in [0.3, 0.4) is 0 Å². The van der Waals surface area contributed by atoms with E-state index < -0.39 is 0 Å². The highest BCUT2D eigenvalue weighted by Gasteiger charge is 2.07. The molecule has 0 radical (unpaired) electrons. The van der Waals surface area contributed by atoms with Gasteiger partial charge in [-0.05, 0) is 30.7 Å². The van der Waals surface area contributed by atoms with Crippen LogP contribution in [0.1, 0.15) is 5.56 Å². The van der Waals surface area contributed by atoms with Gasteiger partial charge in [0, 0.05) is 18.0 Å². The summed E-state index contributed by atoms with van der Waals surface area (Å²) in [4.78, 5) is 9.85. The summed E-state index contributed by atoms with van der Waals surface area (Å²) >= 11 is 1.55. The van der Waals surface area contributed by atoms with E-state index in [9.17, 15) is 0 Å². The van der Waals surface area contributed by atoms with Gasteiger partial charge in [-0.3, -0.25) is 0 Å². The van der Waals surface area contributed by atoms with Crippen LogP contribution in [-0.4, -0.2) is 17.1 Å². The van der Waals surface area contributed by atoms with Crippen molar-refractivity contribution in [2.45, 2.75) is 6.92 Å². The Labute approximate surface area is 115 Å². The molecule has 19 heavy (non-hydrogen) atoms. The van der Waals surface area contributed by atoms with Crippen molar-refractivity contribution >= 4 is 32.5 Å². The molecule has 3 rings (SSSR count). The maximum absolute atomic E-state index is 5.20. The summed E-state index contributed by atoms with van der Waals surface area (Å²) in [6, 6.07) is 9.74. The zero-order valence-electron chi connectivity index (χ0n) is 10.7. The van der Waals surface area contributed by atoms with Gasteiger partial charge in [0.15, 0.2) is 5.13 Å². The zero-order chi connectivity index (χ0) is 13.2. The lowest BCUT2D eigenvalue weighted by Gasteiger charge is -2.04. The zero-order valence-corrected chi connectivity index (χ0v) is 11.5. The lowest BCUT2D eigenvalue weighted by Crippen LogP contribution is -1.90. The third-order valence-electron chi connectivity index (χ3n) is 2.82. The van der Waals surface area contributed by atoms with E-state index in [-0.39, 0.29) is 0 Å². The second kappa shape index (κ2) is 4.85. The van der Waals surface area contributed by atoms with E-state index in [1.165, 1.54) is 0 Å². The SMILES string of the molecule is COc1cccc(Nc2nc3c(C)ccnc3s2)c1. The number of aryl methyl sites for hydroxylation is 1. The normalized spacial score (nSPS) is 10.6. The van der Waals surface area contributed by atoms with Crippen LogP contribution in [0.25, 0.3) is 10.3 Å². The first-order chi connectivity index (χ1) is 9.26. The van der Waals surface area contributed by atoms with Crippen molar-refractivity contribution in [3.8, 4) is 5.75 Å². The van der Waals surface area contributed by atoms with Gasteiger partial charge in [-0.1, -0.05) is 17.4 Å². The molecule has 0 aliphatic carbocycles. The Morgan fingerprint density at radius 1 is 1.26 bits per heavy atom. The first kappa shape index (κ1) is 11.9. The molecule has 2 heterocycles. The number of nitrogens with zero attached hydrogens (tertiary/aromatic N) is 2. The first-order valence-electron chi connectivity index (χ1n) is 5.89. The van der Waals surface area contributed by atoms with Gasteiger partial charge in [-0.2, -0.15) is 0 Å². The molecule has 0 saturated heterocycles. The van der Waals surface area contributed by atoms with Crippen LogP contribution in [0.2, 0.25) is 0 Å². The van der Waals surface area contributed by atoms with E-state index in [0.29, 0.717) is 0 Å². The standard InChI is InChI=1S/C14H13N3OS/c1-9-6-7-15-13-12(9)17-14(19-13)16-10-4-3-5-11(8-10)18-2/h3-8H,1-2H3,(H,16,17). The van der Waals surface area contributed by atoms with Gasteiger partial charge in [-0.25, -0.2) is 9.97 Å². The van der Waals surface area contributed by atoms with E-state index in [0.717, 1.165) is 32.5 Å². The lowest BCUT2D eigenvalue weighted by molar-refractivity contribution is 0.415. The van der Waals surface area contributed by atoms with E-state index >= 15 is 0 Å². The Bertz CT molecular complexity index is 724. The Kier molecular flexibility index (Phi) is 3.05. The molecule has 0 spiro atoms. The van der Waals surface area contributed by atoms with Gasteiger partial charge in [-0.15, -0.1) is 0 Å². The number of benzene rings is 1. The van der Waals surface area contributed by atoms with Gasteiger partial charge in [0.2, 0.25) is 0 Å². The molecule has 0 atom stereocenters. The summed E-state index contributed by atoms with van der Waals surface area (Å²) in [5, 5.41) is 4.12. The molecule has 4 nitrogen and oxygen atoms in total. The van der Waals surface area contributed by atoms with Crippen molar-refractivity contribution < 1.29 is 4.74 Å². The fourth-order valence-corrected chi connectivity index (χ4v) is 2.74. The Balaban J connectivity index is 1.94. The predicted molar refractivity (Wildman–Crippen MR) is 78.4 cm³/mol. The van der Waals surface area contributed by atoms with E-state index in [1.54, 1.807) is 18.4 Å². The number of thiazole rings is 1. The molecule has 0 aliphatic heterocycles. The van der Waals surface area contributed by atoms with Crippen molar-refractivity contribution in [1.29, 1.82) is 0 Å². The van der Waals surface area contributed by atoms with Crippen LogP contribution in [0, 0.1) is 6.92 Å². The number of hydrogen-bond acceptors (Lipinski definition) is 5. The smallest absolute Gasteiger partial charge is 0.189 e. The van der Waals surface area contributed by atoms with Crippen molar-refractivity contribution in [3.05, 3.63) is 42.1 Å². The second-order valence-electron chi connectivity index (χ2n) is 4.16. The Hall–Kier alpha value is -2.14. The van der Waals surface area contributed by atoms with E-state index in [4.69, 9.17) is 4.74 Å². The third-order valence-corrected chi connectivity index (χ3v) is 3.70. The number of pyridine rings is 1. The van der Waals surface area contributed by atoms with E-state index in [1.807, 2.05) is 43.5 Å². The number of aromatic nitrogens is 2. The molecule has 96 valence electrons. The van der Waals surface area contributed by atoms with Gasteiger partial charge in [0.05, 0.1) is 7.11 Å². The third kappa shape index (κ3) is 2.37. The fourth-order valence-electron chi connectivity index (χ4n) is 1.83. The number of nitrogens with one attached hydrogen (secondary N) is 1. The maximum atomic E-state index is 5.20. The van der Waals surface area contributed by atoms with E-state index in [2.05, 4.69) is 15.3 Å². The molecule has 0 amide bonds. The number of ether oxygens (including phenoxy) is 1. The highest BCUT2D eigenvalue weighted by atomic mass is 32.1. The molecule has 0 saturated carbocycles. The Morgan fingerprint density at radius 2 is 2.16 bits per heavy atom.